The van der Waals surface area contributed by atoms with Crippen molar-refractivity contribution in [3.63, 3.8) is 0 Å². The molecule has 1 aliphatic rings. The Labute approximate surface area is 156 Å². The first-order chi connectivity index (χ1) is 11.9. The quantitative estimate of drug-likeness (QED) is 0.494. The van der Waals surface area contributed by atoms with Gasteiger partial charge in [0.1, 0.15) is 6.29 Å². The number of halogens is 1. The summed E-state index contributed by atoms with van der Waals surface area (Å²) in [5.74, 6) is -0.0750. The van der Waals surface area contributed by atoms with Crippen LogP contribution in [-0.2, 0) is 9.59 Å². The van der Waals surface area contributed by atoms with Crippen molar-refractivity contribution >= 4 is 23.8 Å². The van der Waals surface area contributed by atoms with E-state index in [2.05, 4.69) is 6.58 Å². The van der Waals surface area contributed by atoms with Crippen molar-refractivity contribution in [3.8, 4) is 0 Å². The van der Waals surface area contributed by atoms with Gasteiger partial charge < -0.3 is 9.69 Å². The molecule has 1 amide bonds. The SMILES string of the molecule is C=CC[C@@]1(C)CCC(c2ccc(Cl)cc2)N([C@@H](CC)C(C)C=O)C1=O. The van der Waals surface area contributed by atoms with Crippen molar-refractivity contribution in [1.29, 1.82) is 0 Å². The van der Waals surface area contributed by atoms with Crippen LogP contribution >= 0.6 is 11.6 Å². The molecule has 1 aromatic rings. The summed E-state index contributed by atoms with van der Waals surface area (Å²) in [5.41, 5.74) is 0.635. The minimum Gasteiger partial charge on any atom is -0.332 e. The van der Waals surface area contributed by atoms with Gasteiger partial charge in [-0.05, 0) is 43.4 Å². The number of nitrogens with zero attached hydrogens (tertiary/aromatic N) is 1. The second kappa shape index (κ2) is 8.18. The Balaban J connectivity index is 2.47. The van der Waals surface area contributed by atoms with E-state index in [1.165, 1.54) is 0 Å². The standard InChI is InChI=1S/C21H28ClNO2/c1-5-12-21(4)13-11-19(16-7-9-17(22)10-8-16)23(20(21)25)18(6-2)15(3)14-24/h5,7-10,14-15,18-19H,1,6,11-13H2,2-4H3/t15?,18-,19?,21-/m0/s1. The highest BCUT2D eigenvalue weighted by Gasteiger charge is 2.46. The smallest absolute Gasteiger partial charge is 0.229 e. The number of carbonyl (C=O) groups is 2. The van der Waals surface area contributed by atoms with Crippen LogP contribution in [0.2, 0.25) is 5.02 Å². The van der Waals surface area contributed by atoms with Crippen molar-refractivity contribution in [3.05, 3.63) is 47.5 Å². The molecule has 1 aliphatic heterocycles. The molecule has 0 aliphatic carbocycles. The predicted molar refractivity (Wildman–Crippen MR) is 103 cm³/mol. The van der Waals surface area contributed by atoms with Crippen LogP contribution < -0.4 is 0 Å². The molecule has 136 valence electrons. The van der Waals surface area contributed by atoms with Crippen LogP contribution in [0.3, 0.4) is 0 Å². The number of hydrogen-bond donors (Lipinski definition) is 0. The third-order valence-corrected chi connectivity index (χ3v) is 5.75. The van der Waals surface area contributed by atoms with Gasteiger partial charge >= 0.3 is 0 Å². The molecule has 25 heavy (non-hydrogen) atoms. The van der Waals surface area contributed by atoms with Gasteiger partial charge in [0.15, 0.2) is 0 Å². The molecule has 1 heterocycles. The molecule has 0 spiro atoms. The number of rotatable bonds is 7. The Bertz CT molecular complexity index is 627. The maximum absolute atomic E-state index is 13.4. The monoisotopic (exact) mass is 361 g/mol. The molecule has 1 saturated heterocycles. The lowest BCUT2D eigenvalue weighted by atomic mass is 9.73. The minimum absolute atomic E-state index is 0.0185. The Morgan fingerprint density at radius 3 is 2.56 bits per heavy atom. The van der Waals surface area contributed by atoms with Gasteiger partial charge in [-0.3, -0.25) is 4.79 Å². The lowest BCUT2D eigenvalue weighted by Crippen LogP contribution is -2.54. The Morgan fingerprint density at radius 1 is 1.40 bits per heavy atom. The number of likely N-dealkylation sites (tertiary alicyclic amines) is 1. The minimum atomic E-state index is -0.444. The molecule has 0 N–H and O–H groups in total. The summed E-state index contributed by atoms with van der Waals surface area (Å²) >= 11 is 6.03. The molecule has 0 radical (unpaired) electrons. The molecule has 4 atom stereocenters. The largest absolute Gasteiger partial charge is 0.332 e. The third kappa shape index (κ3) is 3.98. The number of piperidine rings is 1. The molecular weight excluding hydrogens is 334 g/mol. The number of benzene rings is 1. The van der Waals surface area contributed by atoms with Crippen molar-refractivity contribution < 1.29 is 9.59 Å². The number of hydrogen-bond acceptors (Lipinski definition) is 2. The third-order valence-electron chi connectivity index (χ3n) is 5.50. The Hall–Kier alpha value is -1.61. The van der Waals surface area contributed by atoms with Crippen LogP contribution in [0.5, 0.6) is 0 Å². The van der Waals surface area contributed by atoms with E-state index in [0.717, 1.165) is 31.1 Å². The summed E-state index contributed by atoms with van der Waals surface area (Å²) in [6.45, 7) is 9.77. The second-order valence-corrected chi connectivity index (χ2v) is 7.78. The number of carbonyl (C=O) groups excluding carboxylic acids is 2. The molecule has 0 bridgehead atoms. The van der Waals surface area contributed by atoms with Crippen LogP contribution in [0.25, 0.3) is 0 Å². The number of allylic oxidation sites excluding steroid dienone is 1. The zero-order valence-electron chi connectivity index (χ0n) is 15.4. The highest BCUT2D eigenvalue weighted by Crippen LogP contribution is 2.45. The zero-order valence-corrected chi connectivity index (χ0v) is 16.1. The van der Waals surface area contributed by atoms with Gasteiger partial charge in [0, 0.05) is 17.0 Å². The first-order valence-electron chi connectivity index (χ1n) is 9.02. The Morgan fingerprint density at radius 2 is 2.04 bits per heavy atom. The molecule has 0 saturated carbocycles. The van der Waals surface area contributed by atoms with E-state index in [1.54, 1.807) is 0 Å². The van der Waals surface area contributed by atoms with E-state index >= 15 is 0 Å². The van der Waals surface area contributed by atoms with Gasteiger partial charge in [-0.1, -0.05) is 50.6 Å². The molecular formula is C21H28ClNO2. The van der Waals surface area contributed by atoms with E-state index in [1.807, 2.05) is 56.0 Å². The molecule has 2 rings (SSSR count). The van der Waals surface area contributed by atoms with Gasteiger partial charge in [0.2, 0.25) is 5.91 Å². The summed E-state index contributed by atoms with van der Waals surface area (Å²) in [6, 6.07) is 7.58. The molecule has 4 heteroatoms. The van der Waals surface area contributed by atoms with Crippen LogP contribution in [0.4, 0.5) is 0 Å². The van der Waals surface area contributed by atoms with Gasteiger partial charge in [-0.25, -0.2) is 0 Å². The lowest BCUT2D eigenvalue weighted by Gasteiger charge is -2.49. The highest BCUT2D eigenvalue weighted by molar-refractivity contribution is 6.30. The van der Waals surface area contributed by atoms with Gasteiger partial charge in [0.05, 0.1) is 11.5 Å². The molecule has 1 aromatic carbocycles. The fourth-order valence-corrected chi connectivity index (χ4v) is 4.09. The van der Waals surface area contributed by atoms with E-state index in [4.69, 9.17) is 11.6 Å². The summed E-state index contributed by atoms with van der Waals surface area (Å²) in [7, 11) is 0. The predicted octanol–water partition coefficient (Wildman–Crippen LogP) is 5.20. The van der Waals surface area contributed by atoms with E-state index in [-0.39, 0.29) is 23.9 Å². The lowest BCUT2D eigenvalue weighted by molar-refractivity contribution is -0.154. The molecule has 0 aromatic heterocycles. The van der Waals surface area contributed by atoms with Gasteiger partial charge in [-0.2, -0.15) is 0 Å². The normalized spacial score (nSPS) is 26.2. The fraction of sp³-hybridized carbons (Fsp3) is 0.524. The van der Waals surface area contributed by atoms with E-state index in [9.17, 15) is 9.59 Å². The van der Waals surface area contributed by atoms with Crippen molar-refractivity contribution in [2.24, 2.45) is 11.3 Å². The number of aldehydes is 1. The Kier molecular flexibility index (Phi) is 6.45. The van der Waals surface area contributed by atoms with Crippen LogP contribution in [0, 0.1) is 11.3 Å². The summed E-state index contributed by atoms with van der Waals surface area (Å²) in [5, 5.41) is 0.683. The average Bonchev–Trinajstić information content (AvgIpc) is 2.60. The van der Waals surface area contributed by atoms with Crippen LogP contribution in [-0.4, -0.2) is 23.1 Å². The van der Waals surface area contributed by atoms with Crippen LogP contribution in [0.1, 0.15) is 58.1 Å². The first kappa shape index (κ1) is 19.7. The van der Waals surface area contributed by atoms with E-state index in [0.29, 0.717) is 11.4 Å². The number of amides is 1. The molecule has 1 fully saturated rings. The fourth-order valence-electron chi connectivity index (χ4n) is 3.97. The molecule has 2 unspecified atom stereocenters. The topological polar surface area (TPSA) is 37.4 Å². The maximum atomic E-state index is 13.4. The molecule has 3 nitrogen and oxygen atoms in total. The van der Waals surface area contributed by atoms with Crippen LogP contribution in [0.15, 0.2) is 36.9 Å². The highest BCUT2D eigenvalue weighted by atomic mass is 35.5. The summed E-state index contributed by atoms with van der Waals surface area (Å²) < 4.78 is 0. The van der Waals surface area contributed by atoms with Gasteiger partial charge in [0.25, 0.3) is 0 Å². The van der Waals surface area contributed by atoms with Gasteiger partial charge in [-0.15, -0.1) is 6.58 Å². The average molecular weight is 362 g/mol. The van der Waals surface area contributed by atoms with Crippen molar-refractivity contribution in [2.75, 3.05) is 0 Å². The first-order valence-corrected chi connectivity index (χ1v) is 9.40. The summed E-state index contributed by atoms with van der Waals surface area (Å²) in [4.78, 5) is 26.9. The maximum Gasteiger partial charge on any atom is 0.229 e. The van der Waals surface area contributed by atoms with Crippen molar-refractivity contribution in [1.82, 2.24) is 4.90 Å². The second-order valence-electron chi connectivity index (χ2n) is 7.34. The summed E-state index contributed by atoms with van der Waals surface area (Å²) in [6.07, 6.45) is 5.87. The zero-order chi connectivity index (χ0) is 18.6. The van der Waals surface area contributed by atoms with E-state index < -0.39 is 5.41 Å². The van der Waals surface area contributed by atoms with Crippen molar-refractivity contribution in [2.45, 2.75) is 58.5 Å².